The molecule has 1 unspecified atom stereocenters. The first-order valence-electron chi connectivity index (χ1n) is 10.1. The molecule has 7 nitrogen and oxygen atoms in total. The Bertz CT molecular complexity index is 1300. The minimum Gasteiger partial charge on any atom is -0.479 e. The number of hydrogen-bond acceptors (Lipinski definition) is 6. The highest BCUT2D eigenvalue weighted by Gasteiger charge is 2.30. The number of aliphatic carboxylic acids is 1. The molecule has 4 aromatic rings. The molecule has 3 N–H and O–H groups in total. The van der Waals surface area contributed by atoms with Gasteiger partial charge in [-0.2, -0.15) is 0 Å². The van der Waals surface area contributed by atoms with Gasteiger partial charge in [0, 0.05) is 11.9 Å². The van der Waals surface area contributed by atoms with Crippen molar-refractivity contribution in [2.45, 2.75) is 19.4 Å². The van der Waals surface area contributed by atoms with Crippen LogP contribution in [0.4, 0.5) is 11.5 Å². The second kappa shape index (κ2) is 8.64. The van der Waals surface area contributed by atoms with Gasteiger partial charge in [-0.15, -0.1) is 0 Å². The Labute approximate surface area is 185 Å². The molecular weight excluding hydrogens is 406 g/mol. The van der Waals surface area contributed by atoms with Crippen LogP contribution < -0.4 is 5.32 Å². The van der Waals surface area contributed by atoms with Crippen LogP contribution in [0.15, 0.2) is 76.2 Å². The predicted octanol–water partition coefficient (Wildman–Crippen LogP) is 4.80. The summed E-state index contributed by atoms with van der Waals surface area (Å²) in [5, 5.41) is 26.9. The van der Waals surface area contributed by atoms with E-state index in [1.54, 1.807) is 12.1 Å². The maximum Gasteiger partial charge on any atom is 0.333 e. The van der Waals surface area contributed by atoms with Gasteiger partial charge < -0.3 is 20.1 Å². The Morgan fingerprint density at radius 3 is 2.66 bits per heavy atom. The van der Waals surface area contributed by atoms with Crippen molar-refractivity contribution >= 4 is 34.7 Å². The molecule has 7 heteroatoms. The fourth-order valence-electron chi connectivity index (χ4n) is 3.34. The van der Waals surface area contributed by atoms with E-state index in [1.807, 2.05) is 43.3 Å². The zero-order valence-electron chi connectivity index (χ0n) is 17.7. The maximum absolute atomic E-state index is 11.4. The third-order valence-corrected chi connectivity index (χ3v) is 5.43. The number of fused-ring (bicyclic) bond motifs is 1. The van der Waals surface area contributed by atoms with Crippen molar-refractivity contribution in [1.82, 2.24) is 5.16 Å². The largest absolute Gasteiger partial charge is 0.479 e. The lowest BCUT2D eigenvalue weighted by Crippen LogP contribution is -2.37. The SMILES string of the molecule is Cc1c(Nc2noc3ccc(C=NC(C)(CO)C(=O)O)cc23)cccc1-c1ccccc1. The average molecular weight is 429 g/mol. The first kappa shape index (κ1) is 21.3. The van der Waals surface area contributed by atoms with Gasteiger partial charge >= 0.3 is 5.97 Å². The summed E-state index contributed by atoms with van der Waals surface area (Å²) in [6.07, 6.45) is 1.43. The molecule has 3 aromatic carbocycles. The molecule has 32 heavy (non-hydrogen) atoms. The molecule has 1 aromatic heterocycles. The van der Waals surface area contributed by atoms with Gasteiger partial charge in [-0.25, -0.2) is 4.79 Å². The van der Waals surface area contributed by atoms with Crippen LogP contribution in [0.3, 0.4) is 0 Å². The van der Waals surface area contributed by atoms with E-state index in [0.717, 1.165) is 27.8 Å². The van der Waals surface area contributed by atoms with Gasteiger partial charge in [-0.05, 0) is 60.4 Å². The summed E-state index contributed by atoms with van der Waals surface area (Å²) in [6, 6.07) is 21.5. The van der Waals surface area contributed by atoms with E-state index in [-0.39, 0.29) is 0 Å². The van der Waals surface area contributed by atoms with Crippen LogP contribution >= 0.6 is 0 Å². The monoisotopic (exact) mass is 429 g/mol. The molecule has 4 rings (SSSR count). The predicted molar refractivity (Wildman–Crippen MR) is 125 cm³/mol. The third kappa shape index (κ3) is 4.10. The summed E-state index contributed by atoms with van der Waals surface area (Å²) in [5.74, 6) is -0.648. The van der Waals surface area contributed by atoms with Crippen LogP contribution in [0, 0.1) is 6.92 Å². The normalized spacial score (nSPS) is 13.3. The molecule has 1 heterocycles. The van der Waals surface area contributed by atoms with Gasteiger partial charge in [-0.1, -0.05) is 47.6 Å². The number of rotatable bonds is 7. The van der Waals surface area contributed by atoms with Crippen LogP contribution in [0.5, 0.6) is 0 Å². The van der Waals surface area contributed by atoms with Crippen LogP contribution in [-0.4, -0.2) is 39.7 Å². The van der Waals surface area contributed by atoms with Crippen molar-refractivity contribution < 1.29 is 19.5 Å². The first-order valence-corrected chi connectivity index (χ1v) is 10.1. The Morgan fingerprint density at radius 2 is 1.94 bits per heavy atom. The number of carboxylic acids is 1. The lowest BCUT2D eigenvalue weighted by molar-refractivity contribution is -0.143. The van der Waals surface area contributed by atoms with Gasteiger partial charge in [0.1, 0.15) is 0 Å². The highest BCUT2D eigenvalue weighted by Crippen LogP contribution is 2.32. The number of aliphatic hydroxyl groups is 1. The summed E-state index contributed by atoms with van der Waals surface area (Å²) in [4.78, 5) is 15.4. The lowest BCUT2D eigenvalue weighted by Gasteiger charge is -2.16. The molecule has 1 atom stereocenters. The van der Waals surface area contributed by atoms with Gasteiger partial charge in [0.2, 0.25) is 0 Å². The molecule has 0 spiro atoms. The highest BCUT2D eigenvalue weighted by molar-refractivity contribution is 5.96. The minimum absolute atomic E-state index is 0.548. The third-order valence-electron chi connectivity index (χ3n) is 5.43. The molecule has 0 radical (unpaired) electrons. The molecule has 0 aliphatic rings. The summed E-state index contributed by atoms with van der Waals surface area (Å²) in [6.45, 7) is 2.81. The van der Waals surface area contributed by atoms with Crippen molar-refractivity contribution in [3.05, 3.63) is 77.9 Å². The number of aliphatic hydroxyl groups excluding tert-OH is 1. The van der Waals surface area contributed by atoms with Crippen LogP contribution in [-0.2, 0) is 4.79 Å². The van der Waals surface area contributed by atoms with Gasteiger partial charge in [0.25, 0.3) is 0 Å². The highest BCUT2D eigenvalue weighted by atomic mass is 16.5. The summed E-state index contributed by atoms with van der Waals surface area (Å²) in [7, 11) is 0. The van der Waals surface area contributed by atoms with Gasteiger partial charge in [-0.3, -0.25) is 4.99 Å². The zero-order chi connectivity index (χ0) is 22.7. The van der Waals surface area contributed by atoms with Crippen molar-refractivity contribution in [2.75, 3.05) is 11.9 Å². The zero-order valence-corrected chi connectivity index (χ0v) is 17.7. The summed E-state index contributed by atoms with van der Waals surface area (Å²) >= 11 is 0. The van der Waals surface area contributed by atoms with E-state index >= 15 is 0 Å². The molecule has 162 valence electrons. The minimum atomic E-state index is -1.60. The molecule has 0 aliphatic carbocycles. The van der Waals surface area contributed by atoms with E-state index in [0.29, 0.717) is 17.0 Å². The van der Waals surface area contributed by atoms with E-state index in [4.69, 9.17) is 4.52 Å². The Morgan fingerprint density at radius 1 is 1.16 bits per heavy atom. The molecule has 0 aliphatic heterocycles. The van der Waals surface area contributed by atoms with E-state index in [1.165, 1.54) is 13.1 Å². The molecule has 0 saturated carbocycles. The fourth-order valence-corrected chi connectivity index (χ4v) is 3.34. The topological polar surface area (TPSA) is 108 Å². The van der Waals surface area contributed by atoms with Crippen molar-refractivity contribution in [3.8, 4) is 11.1 Å². The molecule has 0 saturated heterocycles. The second-order valence-corrected chi connectivity index (χ2v) is 7.75. The molecule has 0 bridgehead atoms. The van der Waals surface area contributed by atoms with Gasteiger partial charge in [0.15, 0.2) is 16.9 Å². The number of carboxylic acid groups (broad SMARTS) is 1. The van der Waals surface area contributed by atoms with Gasteiger partial charge in [0.05, 0.1) is 12.0 Å². The number of carbonyl (C=O) groups is 1. The molecular formula is C25H23N3O4. The number of nitrogens with one attached hydrogen (secondary N) is 1. The number of nitrogens with zero attached hydrogens (tertiary/aromatic N) is 2. The Balaban J connectivity index is 1.67. The quantitative estimate of drug-likeness (QED) is 0.364. The molecule has 0 amide bonds. The smallest absolute Gasteiger partial charge is 0.333 e. The lowest BCUT2D eigenvalue weighted by atomic mass is 9.99. The number of aromatic nitrogens is 1. The van der Waals surface area contributed by atoms with E-state index in [2.05, 4.69) is 33.7 Å². The number of aliphatic imine (C=N–C) groups is 1. The van der Waals surface area contributed by atoms with Crippen LogP contribution in [0.2, 0.25) is 0 Å². The van der Waals surface area contributed by atoms with Crippen molar-refractivity contribution in [3.63, 3.8) is 0 Å². The van der Waals surface area contributed by atoms with E-state index < -0.39 is 18.1 Å². The Hall–Kier alpha value is -3.97. The second-order valence-electron chi connectivity index (χ2n) is 7.75. The van der Waals surface area contributed by atoms with Crippen molar-refractivity contribution in [1.29, 1.82) is 0 Å². The molecule has 0 fully saturated rings. The first-order chi connectivity index (χ1) is 15.4. The fraction of sp³-hybridized carbons (Fsp3) is 0.160. The average Bonchev–Trinajstić information content (AvgIpc) is 3.21. The van der Waals surface area contributed by atoms with Crippen molar-refractivity contribution in [2.24, 2.45) is 4.99 Å². The number of hydrogen-bond donors (Lipinski definition) is 3. The van der Waals surface area contributed by atoms with E-state index in [9.17, 15) is 15.0 Å². The van der Waals surface area contributed by atoms with Crippen LogP contribution in [0.1, 0.15) is 18.1 Å². The Kier molecular flexibility index (Phi) is 5.75. The van der Waals surface area contributed by atoms with Crippen LogP contribution in [0.25, 0.3) is 22.1 Å². The summed E-state index contributed by atoms with van der Waals surface area (Å²) in [5.41, 5.74) is 3.88. The summed E-state index contributed by atoms with van der Waals surface area (Å²) < 4.78 is 5.44. The number of anilines is 2. The standard InChI is InChI=1S/C25H23N3O4/c1-16-19(18-7-4-3-5-8-18)9-6-10-21(16)27-23-20-13-17(11-12-22(20)32-28-23)14-26-25(2,15-29)24(30)31/h3-14,29H,15H2,1-2H3,(H,27,28)(H,30,31). The number of benzene rings is 3. The maximum atomic E-state index is 11.4.